The van der Waals surface area contributed by atoms with E-state index in [-0.39, 0.29) is 41.2 Å². The zero-order valence-corrected chi connectivity index (χ0v) is 12.4. The van der Waals surface area contributed by atoms with Crippen LogP contribution in [0.5, 0.6) is 0 Å². The first kappa shape index (κ1) is 17.6. The van der Waals surface area contributed by atoms with Crippen molar-refractivity contribution in [3.63, 3.8) is 0 Å². The Morgan fingerprint density at radius 1 is 1.47 bits per heavy atom. The average molecular weight is 245 g/mol. The van der Waals surface area contributed by atoms with Crippen molar-refractivity contribution in [1.82, 2.24) is 4.90 Å². The van der Waals surface area contributed by atoms with Crippen LogP contribution in [0.4, 0.5) is 0 Å². The van der Waals surface area contributed by atoms with E-state index in [1.807, 2.05) is 0 Å². The number of carbonyl (C=O) groups is 1. The van der Waals surface area contributed by atoms with E-state index >= 15 is 0 Å². The summed E-state index contributed by atoms with van der Waals surface area (Å²) in [5.41, 5.74) is 0. The van der Waals surface area contributed by atoms with Crippen molar-refractivity contribution in [3.05, 3.63) is 11.8 Å². The van der Waals surface area contributed by atoms with Gasteiger partial charge in [-0.3, -0.25) is 9.36 Å². The van der Waals surface area contributed by atoms with Crippen molar-refractivity contribution < 1.29 is 52.9 Å². The molecule has 0 aliphatic carbocycles. The van der Waals surface area contributed by atoms with Gasteiger partial charge in [0.05, 0.1) is 0 Å². The van der Waals surface area contributed by atoms with Crippen molar-refractivity contribution in [1.29, 1.82) is 0 Å². The number of amides is 1. The molecule has 0 heterocycles. The Kier molecular flexibility index (Phi) is 8.70. The molecule has 0 bridgehead atoms. The Labute approximate surface area is 111 Å². The second-order valence-electron chi connectivity index (χ2n) is 2.71. The number of carbonyl (C=O) groups excluding carboxylic acids is 1. The fraction of sp³-hybridized carbons (Fsp3) is 0.571. The number of nitrogens with zero attached hydrogens (tertiary/aromatic N) is 1. The molecule has 1 amide bonds. The first-order valence-electron chi connectivity index (χ1n) is 3.74. The number of phosphoric acid groups is 1. The van der Waals surface area contributed by atoms with Gasteiger partial charge in [0.1, 0.15) is 5.76 Å². The van der Waals surface area contributed by atoms with E-state index in [1.54, 1.807) is 14.1 Å². The van der Waals surface area contributed by atoms with Crippen LogP contribution < -0.4 is 34.5 Å². The largest absolute Gasteiger partial charge is 1.00 e. The molecule has 1 unspecified atom stereocenters. The molecule has 0 N–H and O–H groups in total. The standard InChI is InChI=1S/C7H14NO5P.Na/c1-6(5-7(9)8(2)3)13-14(10,11)12-4;/h5H,1-4H3,(H,10,11);/q;+1/p-1/b6-5+;. The maximum absolute atomic E-state index is 11.1. The summed E-state index contributed by atoms with van der Waals surface area (Å²) in [5, 5.41) is 0. The fourth-order valence-electron chi connectivity index (χ4n) is 0.543. The summed E-state index contributed by atoms with van der Waals surface area (Å²) in [6, 6.07) is 0. The Hall–Kier alpha value is 0.160. The van der Waals surface area contributed by atoms with Gasteiger partial charge in [0.25, 0.3) is 0 Å². The number of hydrogen-bond acceptors (Lipinski definition) is 5. The molecule has 0 saturated carbocycles. The summed E-state index contributed by atoms with van der Waals surface area (Å²) in [5.74, 6) is -0.400. The maximum Gasteiger partial charge on any atom is 1.00 e. The van der Waals surface area contributed by atoms with Gasteiger partial charge in [0.2, 0.25) is 5.91 Å². The molecule has 0 aromatic carbocycles. The van der Waals surface area contributed by atoms with Crippen LogP contribution in [0.15, 0.2) is 11.8 Å². The van der Waals surface area contributed by atoms with Crippen LogP contribution >= 0.6 is 7.82 Å². The summed E-state index contributed by atoms with van der Waals surface area (Å²) in [6.07, 6.45) is 1.06. The molecule has 0 spiro atoms. The van der Waals surface area contributed by atoms with E-state index in [0.29, 0.717) is 0 Å². The quantitative estimate of drug-likeness (QED) is 0.230. The summed E-state index contributed by atoms with van der Waals surface area (Å²) in [6.45, 7) is 1.35. The van der Waals surface area contributed by atoms with Gasteiger partial charge in [-0.15, -0.1) is 0 Å². The first-order chi connectivity index (χ1) is 6.28. The van der Waals surface area contributed by atoms with Crippen LogP contribution in [0.1, 0.15) is 6.92 Å². The number of phosphoric ester groups is 1. The van der Waals surface area contributed by atoms with Crippen LogP contribution in [0.3, 0.4) is 0 Å². The van der Waals surface area contributed by atoms with Gasteiger partial charge < -0.3 is 18.8 Å². The third-order valence-electron chi connectivity index (χ3n) is 1.25. The van der Waals surface area contributed by atoms with Gasteiger partial charge in [-0.05, 0) is 6.92 Å². The monoisotopic (exact) mass is 245 g/mol. The van der Waals surface area contributed by atoms with Crippen LogP contribution in [0.25, 0.3) is 0 Å². The number of hydrogen-bond donors (Lipinski definition) is 0. The van der Waals surface area contributed by atoms with Crippen molar-refractivity contribution in [2.75, 3.05) is 21.2 Å². The zero-order valence-electron chi connectivity index (χ0n) is 9.51. The minimum Gasteiger partial charge on any atom is -0.746 e. The predicted octanol–water partition coefficient (Wildman–Crippen LogP) is -2.89. The molecule has 6 nitrogen and oxygen atoms in total. The van der Waals surface area contributed by atoms with E-state index in [4.69, 9.17) is 0 Å². The topological polar surface area (TPSA) is 78.9 Å². The zero-order chi connectivity index (χ0) is 11.4. The van der Waals surface area contributed by atoms with Crippen LogP contribution in [-0.4, -0.2) is 32.0 Å². The minimum absolute atomic E-state index is 0. The molecule has 0 saturated heterocycles. The second-order valence-corrected chi connectivity index (χ2v) is 4.15. The molecular formula is C7H13NNaO5P. The third kappa shape index (κ3) is 8.02. The van der Waals surface area contributed by atoms with Crippen molar-refractivity contribution in [2.24, 2.45) is 0 Å². The Bertz CT molecular complexity index is 291. The van der Waals surface area contributed by atoms with Crippen LogP contribution in [0.2, 0.25) is 0 Å². The molecule has 1 atom stereocenters. The average Bonchev–Trinajstić information content (AvgIpc) is 2.02. The second kappa shape index (κ2) is 7.44. The molecule has 0 aromatic rings. The molecule has 0 aromatic heterocycles. The maximum atomic E-state index is 11.1. The van der Waals surface area contributed by atoms with Gasteiger partial charge >= 0.3 is 37.4 Å². The normalized spacial score (nSPS) is 14.9. The number of likely N-dealkylation sites (N-methyl/N-ethyl adjacent to an activating group) is 1. The SMILES string of the molecule is COP(=O)([O-])O/C(C)=C/C(=O)N(C)C.[Na+]. The van der Waals surface area contributed by atoms with Gasteiger partial charge in [0, 0.05) is 27.3 Å². The fourth-order valence-corrected chi connectivity index (χ4v) is 1.02. The summed E-state index contributed by atoms with van der Waals surface area (Å²) < 4.78 is 19.2. The van der Waals surface area contributed by atoms with E-state index in [0.717, 1.165) is 13.2 Å². The van der Waals surface area contributed by atoms with E-state index < -0.39 is 7.82 Å². The molecule has 8 heteroatoms. The molecule has 0 aliphatic heterocycles. The molecule has 0 radical (unpaired) electrons. The number of allylic oxidation sites excluding steroid dienone is 1. The third-order valence-corrected chi connectivity index (χ3v) is 2.21. The Morgan fingerprint density at radius 3 is 2.27 bits per heavy atom. The smallest absolute Gasteiger partial charge is 0.746 e. The Morgan fingerprint density at radius 2 is 1.93 bits per heavy atom. The summed E-state index contributed by atoms with van der Waals surface area (Å²) in [4.78, 5) is 23.1. The molecule has 82 valence electrons. The number of rotatable bonds is 4. The summed E-state index contributed by atoms with van der Waals surface area (Å²) in [7, 11) is -0.242. The minimum atomic E-state index is -4.31. The molecule has 15 heavy (non-hydrogen) atoms. The van der Waals surface area contributed by atoms with Crippen LogP contribution in [-0.2, 0) is 18.4 Å². The van der Waals surface area contributed by atoms with Crippen molar-refractivity contribution in [3.8, 4) is 0 Å². The van der Waals surface area contributed by atoms with E-state index in [1.165, 1.54) is 11.8 Å². The van der Waals surface area contributed by atoms with Gasteiger partial charge in [-0.2, -0.15) is 0 Å². The predicted molar refractivity (Wildman–Crippen MR) is 48.2 cm³/mol. The van der Waals surface area contributed by atoms with Crippen molar-refractivity contribution in [2.45, 2.75) is 6.92 Å². The van der Waals surface area contributed by atoms with Gasteiger partial charge in [-0.25, -0.2) is 0 Å². The summed E-state index contributed by atoms with van der Waals surface area (Å²) >= 11 is 0. The molecule has 0 rings (SSSR count). The van der Waals surface area contributed by atoms with E-state index in [2.05, 4.69) is 9.05 Å². The van der Waals surface area contributed by atoms with Gasteiger partial charge in [0.15, 0.2) is 0 Å². The van der Waals surface area contributed by atoms with Crippen LogP contribution in [0, 0.1) is 0 Å². The molecule has 0 aliphatic rings. The molecular weight excluding hydrogens is 232 g/mol. The van der Waals surface area contributed by atoms with Gasteiger partial charge in [-0.1, -0.05) is 0 Å². The van der Waals surface area contributed by atoms with E-state index in [9.17, 15) is 14.3 Å². The molecule has 0 fully saturated rings. The first-order valence-corrected chi connectivity index (χ1v) is 5.20. The van der Waals surface area contributed by atoms with Crippen molar-refractivity contribution >= 4 is 13.7 Å². The Balaban J connectivity index is 0.